The van der Waals surface area contributed by atoms with Gasteiger partial charge in [-0.1, -0.05) is 106 Å². The summed E-state index contributed by atoms with van der Waals surface area (Å²) in [5.74, 6) is 2.00. The van der Waals surface area contributed by atoms with Gasteiger partial charge in [0.2, 0.25) is 0 Å². The van der Waals surface area contributed by atoms with Crippen LogP contribution < -0.4 is 0 Å². The van der Waals surface area contributed by atoms with Crippen molar-refractivity contribution < 1.29 is 13.2 Å². The highest BCUT2D eigenvalue weighted by Gasteiger charge is 2.22. The van der Waals surface area contributed by atoms with Crippen LogP contribution in [-0.2, 0) is 0 Å². The molecule has 0 nitrogen and oxygen atoms in total. The van der Waals surface area contributed by atoms with Gasteiger partial charge < -0.3 is 0 Å². The standard InChI is InChI=1S/C20H22F2.C20H23F/c1-13-3-6-15(7-4-13)16-9-10-18(20(22)11-16)17-8-5-14(2)19(21)12-17;1-14-3-7-16(8-4-14)18-11-12-19(20(21)13-18)17-9-5-15(2)6-10-17/h5,8-13,15H,3-4,6-7H2,1-2H3;5-6,9-14,16H,3-4,7-8H2,1-2H3. The average Bonchev–Trinajstić information content (AvgIpc) is 3.00. The summed E-state index contributed by atoms with van der Waals surface area (Å²) in [6.07, 6.45) is 9.65. The summed E-state index contributed by atoms with van der Waals surface area (Å²) in [6, 6.07) is 24.2. The Balaban J connectivity index is 0.000000171. The molecule has 0 heterocycles. The van der Waals surface area contributed by atoms with Crippen molar-refractivity contribution in [3.8, 4) is 22.3 Å². The van der Waals surface area contributed by atoms with Crippen molar-refractivity contribution in [2.75, 3.05) is 0 Å². The molecule has 6 rings (SSSR count). The van der Waals surface area contributed by atoms with Crippen molar-refractivity contribution in [3.63, 3.8) is 0 Å². The minimum absolute atomic E-state index is 0.0880. The highest BCUT2D eigenvalue weighted by Crippen LogP contribution is 2.38. The molecule has 226 valence electrons. The molecule has 2 aliphatic rings. The van der Waals surface area contributed by atoms with Gasteiger partial charge in [-0.25, -0.2) is 13.2 Å². The maximum Gasteiger partial charge on any atom is 0.131 e. The molecule has 0 bridgehead atoms. The van der Waals surface area contributed by atoms with Gasteiger partial charge in [-0.05, 0) is 109 Å². The van der Waals surface area contributed by atoms with Crippen LogP contribution in [0, 0.1) is 43.1 Å². The molecule has 0 aliphatic heterocycles. The number of hydrogen-bond donors (Lipinski definition) is 0. The molecule has 3 heteroatoms. The first-order chi connectivity index (χ1) is 20.7. The Labute approximate surface area is 256 Å². The summed E-state index contributed by atoms with van der Waals surface area (Å²) in [6.45, 7) is 8.36. The summed E-state index contributed by atoms with van der Waals surface area (Å²) >= 11 is 0. The number of halogens is 3. The van der Waals surface area contributed by atoms with Gasteiger partial charge in [0.1, 0.15) is 17.5 Å². The molecule has 0 aromatic heterocycles. The van der Waals surface area contributed by atoms with Crippen LogP contribution in [-0.4, -0.2) is 0 Å². The quantitative estimate of drug-likeness (QED) is 0.224. The zero-order chi connectivity index (χ0) is 30.5. The van der Waals surface area contributed by atoms with E-state index in [0.29, 0.717) is 34.1 Å². The predicted octanol–water partition coefficient (Wildman–Crippen LogP) is 12.3. The van der Waals surface area contributed by atoms with Crippen molar-refractivity contribution in [1.82, 2.24) is 0 Å². The Morgan fingerprint density at radius 1 is 0.465 bits per heavy atom. The van der Waals surface area contributed by atoms with Gasteiger partial charge in [-0.15, -0.1) is 0 Å². The Morgan fingerprint density at radius 3 is 1.35 bits per heavy atom. The van der Waals surface area contributed by atoms with Crippen molar-refractivity contribution in [2.24, 2.45) is 11.8 Å². The van der Waals surface area contributed by atoms with Gasteiger partial charge in [-0.3, -0.25) is 0 Å². The van der Waals surface area contributed by atoms with Crippen LogP contribution in [0.15, 0.2) is 78.9 Å². The van der Waals surface area contributed by atoms with E-state index in [1.54, 1.807) is 37.3 Å². The fourth-order valence-corrected chi connectivity index (χ4v) is 6.72. The van der Waals surface area contributed by atoms with E-state index >= 15 is 0 Å². The molecule has 2 aliphatic carbocycles. The second-order valence-corrected chi connectivity index (χ2v) is 13.2. The second kappa shape index (κ2) is 14.0. The van der Waals surface area contributed by atoms with Crippen molar-refractivity contribution >= 4 is 0 Å². The first kappa shape index (κ1) is 31.1. The van der Waals surface area contributed by atoms with E-state index in [9.17, 15) is 13.2 Å². The molecule has 43 heavy (non-hydrogen) atoms. The fraction of sp³-hybridized carbons (Fsp3) is 0.400. The van der Waals surface area contributed by atoms with Gasteiger partial charge in [0.05, 0.1) is 0 Å². The molecule has 0 saturated heterocycles. The van der Waals surface area contributed by atoms with E-state index < -0.39 is 0 Å². The number of rotatable bonds is 4. The van der Waals surface area contributed by atoms with Crippen molar-refractivity contribution in [2.45, 2.75) is 90.9 Å². The zero-order valence-electron chi connectivity index (χ0n) is 26.1. The Kier molecular flexibility index (Phi) is 10.1. The third kappa shape index (κ3) is 7.80. The molecule has 2 fully saturated rings. The van der Waals surface area contributed by atoms with E-state index in [1.165, 1.54) is 55.7 Å². The maximum absolute atomic E-state index is 14.5. The number of aryl methyl sites for hydroxylation is 2. The largest absolute Gasteiger partial charge is 0.207 e. The summed E-state index contributed by atoms with van der Waals surface area (Å²) in [5, 5.41) is 0. The molecular weight excluding hydrogens is 537 g/mol. The highest BCUT2D eigenvalue weighted by atomic mass is 19.1. The monoisotopic (exact) mass is 582 g/mol. The van der Waals surface area contributed by atoms with E-state index in [4.69, 9.17) is 0 Å². The lowest BCUT2D eigenvalue weighted by Gasteiger charge is -2.26. The topological polar surface area (TPSA) is 0 Å². The predicted molar refractivity (Wildman–Crippen MR) is 174 cm³/mol. The lowest BCUT2D eigenvalue weighted by Crippen LogP contribution is -2.11. The van der Waals surface area contributed by atoms with Crippen molar-refractivity contribution in [3.05, 3.63) is 119 Å². The van der Waals surface area contributed by atoms with Gasteiger partial charge in [0, 0.05) is 11.1 Å². The minimum atomic E-state index is -0.290. The fourth-order valence-electron chi connectivity index (χ4n) is 6.72. The number of hydrogen-bond acceptors (Lipinski definition) is 0. The lowest BCUT2D eigenvalue weighted by molar-refractivity contribution is 0.347. The first-order valence-electron chi connectivity index (χ1n) is 16.1. The summed E-state index contributed by atoms with van der Waals surface area (Å²) in [5.41, 5.74) is 6.79. The normalized spacial score (nSPS) is 22.0. The maximum atomic E-state index is 14.5. The van der Waals surface area contributed by atoms with Crippen LogP contribution in [0.5, 0.6) is 0 Å². The van der Waals surface area contributed by atoms with Crippen molar-refractivity contribution in [1.29, 1.82) is 0 Å². The molecule has 0 radical (unpaired) electrons. The zero-order valence-corrected chi connectivity index (χ0v) is 26.1. The van der Waals surface area contributed by atoms with Crippen LogP contribution in [0.3, 0.4) is 0 Å². The molecule has 4 aromatic rings. The molecule has 0 spiro atoms. The smallest absolute Gasteiger partial charge is 0.131 e. The molecule has 2 saturated carbocycles. The lowest BCUT2D eigenvalue weighted by atomic mass is 9.79. The van der Waals surface area contributed by atoms with E-state index in [0.717, 1.165) is 35.8 Å². The van der Waals surface area contributed by atoms with E-state index in [-0.39, 0.29) is 17.5 Å². The van der Waals surface area contributed by atoms with Crippen LogP contribution in [0.2, 0.25) is 0 Å². The van der Waals surface area contributed by atoms with Gasteiger partial charge >= 0.3 is 0 Å². The first-order valence-corrected chi connectivity index (χ1v) is 16.1. The van der Waals surface area contributed by atoms with Gasteiger partial charge in [0.15, 0.2) is 0 Å². The Hall–Kier alpha value is -3.33. The van der Waals surface area contributed by atoms with Gasteiger partial charge in [0.25, 0.3) is 0 Å². The summed E-state index contributed by atoms with van der Waals surface area (Å²) < 4.78 is 42.6. The average molecular weight is 583 g/mol. The summed E-state index contributed by atoms with van der Waals surface area (Å²) in [7, 11) is 0. The van der Waals surface area contributed by atoms with Crippen LogP contribution >= 0.6 is 0 Å². The Morgan fingerprint density at radius 2 is 0.907 bits per heavy atom. The van der Waals surface area contributed by atoms with E-state index in [1.807, 2.05) is 43.3 Å². The van der Waals surface area contributed by atoms with Crippen LogP contribution in [0.4, 0.5) is 13.2 Å². The molecule has 0 atom stereocenters. The van der Waals surface area contributed by atoms with Crippen LogP contribution in [0.1, 0.15) is 99.3 Å². The molecular formula is C40H45F3. The van der Waals surface area contributed by atoms with Gasteiger partial charge in [-0.2, -0.15) is 0 Å². The Bertz CT molecular complexity index is 1500. The van der Waals surface area contributed by atoms with Crippen LogP contribution in [0.25, 0.3) is 22.3 Å². The third-order valence-corrected chi connectivity index (χ3v) is 9.81. The highest BCUT2D eigenvalue weighted by molar-refractivity contribution is 5.66. The van der Waals surface area contributed by atoms with E-state index in [2.05, 4.69) is 19.9 Å². The minimum Gasteiger partial charge on any atom is -0.207 e. The summed E-state index contributed by atoms with van der Waals surface area (Å²) in [4.78, 5) is 0. The SMILES string of the molecule is Cc1ccc(-c2ccc(C3CCC(C)CC3)cc2F)cc1.Cc1ccc(-c2ccc(C3CCC(C)CC3)cc2F)cc1F. The number of benzene rings is 4. The molecule has 0 unspecified atom stereocenters. The second-order valence-electron chi connectivity index (χ2n) is 13.2. The molecule has 4 aromatic carbocycles. The molecule has 0 N–H and O–H groups in total. The molecule has 0 amide bonds. The third-order valence-electron chi connectivity index (χ3n) is 9.81.